The molecule has 0 aliphatic carbocycles. The van der Waals surface area contributed by atoms with Gasteiger partial charge in [-0.25, -0.2) is 0 Å². The summed E-state index contributed by atoms with van der Waals surface area (Å²) in [5, 5.41) is 3.51. The highest BCUT2D eigenvalue weighted by Gasteiger charge is 2.40. The summed E-state index contributed by atoms with van der Waals surface area (Å²) >= 11 is 2.10. The Labute approximate surface area is 115 Å². The van der Waals surface area contributed by atoms with Crippen LogP contribution in [0, 0.1) is 0 Å². The van der Waals surface area contributed by atoms with E-state index in [1.165, 1.54) is 69.8 Å². The van der Waals surface area contributed by atoms with Crippen LogP contribution in [0.15, 0.2) is 0 Å². The van der Waals surface area contributed by atoms with E-state index in [1.54, 1.807) is 0 Å². The Bertz CT molecular complexity index is 255. The minimum atomic E-state index is 0.244. The van der Waals surface area contributed by atoms with Crippen LogP contribution in [0.2, 0.25) is 0 Å². The Hall–Kier alpha value is 0.230. The molecule has 1 unspecified atom stereocenters. The number of thioether (sulfide) groups is 1. The molecule has 1 spiro atoms. The molecule has 3 fully saturated rings. The van der Waals surface area contributed by atoms with E-state index in [4.69, 9.17) is 4.74 Å². The normalized spacial score (nSPS) is 34.3. The van der Waals surface area contributed by atoms with Gasteiger partial charge in [0.2, 0.25) is 0 Å². The topological polar surface area (TPSA) is 24.5 Å². The highest BCUT2D eigenvalue weighted by Crippen LogP contribution is 2.38. The number of nitrogens with one attached hydrogen (secondary N) is 1. The van der Waals surface area contributed by atoms with Gasteiger partial charge in [-0.2, -0.15) is 11.8 Å². The molecular formula is C14H26N2OS. The van der Waals surface area contributed by atoms with Crippen molar-refractivity contribution in [1.29, 1.82) is 0 Å². The van der Waals surface area contributed by atoms with Crippen LogP contribution in [0.3, 0.4) is 0 Å². The molecular weight excluding hydrogens is 244 g/mol. The molecule has 1 atom stereocenters. The van der Waals surface area contributed by atoms with Gasteiger partial charge in [0.1, 0.15) is 0 Å². The number of hydrogen-bond acceptors (Lipinski definition) is 4. The van der Waals surface area contributed by atoms with Crippen LogP contribution in [-0.2, 0) is 4.74 Å². The zero-order chi connectivity index (χ0) is 12.3. The molecule has 3 aliphatic rings. The largest absolute Gasteiger partial charge is 0.375 e. The van der Waals surface area contributed by atoms with Crippen molar-refractivity contribution in [3.63, 3.8) is 0 Å². The Morgan fingerprint density at radius 1 is 1.17 bits per heavy atom. The van der Waals surface area contributed by atoms with Gasteiger partial charge < -0.3 is 10.1 Å². The van der Waals surface area contributed by atoms with Crippen LogP contribution < -0.4 is 5.32 Å². The maximum atomic E-state index is 6.20. The highest BCUT2D eigenvalue weighted by molar-refractivity contribution is 7.99. The van der Waals surface area contributed by atoms with Gasteiger partial charge in [0.05, 0.1) is 5.60 Å². The molecule has 0 amide bonds. The van der Waals surface area contributed by atoms with Gasteiger partial charge in [-0.1, -0.05) is 0 Å². The molecule has 0 aromatic carbocycles. The van der Waals surface area contributed by atoms with Crippen molar-refractivity contribution in [2.24, 2.45) is 0 Å². The van der Waals surface area contributed by atoms with Gasteiger partial charge in [0, 0.05) is 25.7 Å². The molecule has 18 heavy (non-hydrogen) atoms. The number of hydrogen-bond donors (Lipinski definition) is 1. The van der Waals surface area contributed by atoms with Crippen LogP contribution >= 0.6 is 11.8 Å². The van der Waals surface area contributed by atoms with Crippen molar-refractivity contribution in [1.82, 2.24) is 10.2 Å². The molecule has 0 bridgehead atoms. The molecule has 0 saturated carbocycles. The van der Waals surface area contributed by atoms with Crippen LogP contribution in [0.4, 0.5) is 0 Å². The summed E-state index contributed by atoms with van der Waals surface area (Å²) in [6, 6.07) is 0.779. The van der Waals surface area contributed by atoms with Gasteiger partial charge in [0.15, 0.2) is 0 Å². The lowest BCUT2D eigenvalue weighted by Crippen LogP contribution is -2.51. The molecule has 4 heteroatoms. The zero-order valence-electron chi connectivity index (χ0n) is 11.3. The van der Waals surface area contributed by atoms with Crippen molar-refractivity contribution in [3.8, 4) is 0 Å². The fourth-order valence-electron chi connectivity index (χ4n) is 3.64. The third kappa shape index (κ3) is 3.03. The summed E-state index contributed by atoms with van der Waals surface area (Å²) < 4.78 is 6.20. The summed E-state index contributed by atoms with van der Waals surface area (Å²) in [4.78, 5) is 2.73. The van der Waals surface area contributed by atoms with E-state index in [1.807, 2.05) is 0 Å². The molecule has 0 radical (unpaired) electrons. The van der Waals surface area contributed by atoms with Crippen molar-refractivity contribution in [2.45, 2.75) is 43.7 Å². The van der Waals surface area contributed by atoms with Crippen molar-refractivity contribution < 1.29 is 4.74 Å². The number of rotatable bonds is 1. The van der Waals surface area contributed by atoms with Gasteiger partial charge >= 0.3 is 0 Å². The lowest BCUT2D eigenvalue weighted by Gasteiger charge is -2.46. The molecule has 0 aromatic rings. The van der Waals surface area contributed by atoms with Crippen molar-refractivity contribution in [2.75, 3.05) is 44.3 Å². The first-order chi connectivity index (χ1) is 8.88. The smallest absolute Gasteiger partial charge is 0.0713 e. The highest BCUT2D eigenvalue weighted by atomic mass is 32.2. The summed E-state index contributed by atoms with van der Waals surface area (Å²) in [5.74, 6) is 2.60. The molecule has 3 aliphatic heterocycles. The van der Waals surface area contributed by atoms with E-state index in [0.717, 1.165) is 12.6 Å². The summed E-state index contributed by atoms with van der Waals surface area (Å²) in [7, 11) is 0. The van der Waals surface area contributed by atoms with Crippen molar-refractivity contribution in [3.05, 3.63) is 0 Å². The standard InChI is InChI=1S/C14H26N2OS/c1-5-15-6-8-16(7-1)13-2-9-17-14(12-13)3-10-18-11-4-14/h13,15H,1-12H2. The summed E-state index contributed by atoms with van der Waals surface area (Å²) in [6.07, 6.45) is 6.39. The second-order valence-electron chi connectivity index (χ2n) is 5.93. The monoisotopic (exact) mass is 270 g/mol. The molecule has 1 N–H and O–H groups in total. The van der Waals surface area contributed by atoms with E-state index >= 15 is 0 Å². The van der Waals surface area contributed by atoms with Crippen LogP contribution in [0.5, 0.6) is 0 Å². The SMILES string of the molecule is C1CNCCN(C2CCOC3(CCSCC3)C2)C1. The van der Waals surface area contributed by atoms with Gasteiger partial charge in [-0.15, -0.1) is 0 Å². The van der Waals surface area contributed by atoms with E-state index in [9.17, 15) is 0 Å². The lowest BCUT2D eigenvalue weighted by molar-refractivity contribution is -0.109. The van der Waals surface area contributed by atoms with E-state index in [2.05, 4.69) is 22.0 Å². The minimum Gasteiger partial charge on any atom is -0.375 e. The van der Waals surface area contributed by atoms with Crippen LogP contribution in [0.25, 0.3) is 0 Å². The Kier molecular flexibility index (Phi) is 4.50. The molecule has 3 nitrogen and oxygen atoms in total. The molecule has 3 rings (SSSR count). The first-order valence-corrected chi connectivity index (χ1v) is 8.70. The Morgan fingerprint density at radius 3 is 2.94 bits per heavy atom. The summed E-state index contributed by atoms with van der Waals surface area (Å²) in [6.45, 7) is 5.86. The van der Waals surface area contributed by atoms with E-state index in [-0.39, 0.29) is 5.60 Å². The minimum absolute atomic E-state index is 0.244. The molecule has 3 saturated heterocycles. The average molecular weight is 270 g/mol. The number of ether oxygens (including phenoxy) is 1. The first kappa shape index (κ1) is 13.2. The molecule has 0 aromatic heterocycles. The third-order valence-corrected chi connectivity index (χ3v) is 5.75. The van der Waals surface area contributed by atoms with E-state index < -0.39 is 0 Å². The fourth-order valence-corrected chi connectivity index (χ4v) is 4.87. The van der Waals surface area contributed by atoms with Gasteiger partial charge in [-0.05, 0) is 56.7 Å². The quantitative estimate of drug-likeness (QED) is 0.784. The average Bonchev–Trinajstić information content (AvgIpc) is 2.68. The second kappa shape index (κ2) is 6.12. The maximum Gasteiger partial charge on any atom is 0.0713 e. The zero-order valence-corrected chi connectivity index (χ0v) is 12.1. The maximum absolute atomic E-state index is 6.20. The van der Waals surface area contributed by atoms with Crippen LogP contribution in [0.1, 0.15) is 32.1 Å². The predicted octanol–water partition coefficient (Wildman–Crippen LogP) is 1.73. The third-order valence-electron chi connectivity index (χ3n) is 4.76. The van der Waals surface area contributed by atoms with Gasteiger partial charge in [-0.3, -0.25) is 4.90 Å². The first-order valence-electron chi connectivity index (χ1n) is 7.55. The number of nitrogens with zero attached hydrogens (tertiary/aromatic N) is 1. The van der Waals surface area contributed by atoms with Crippen molar-refractivity contribution >= 4 is 11.8 Å². The Balaban J connectivity index is 1.61. The molecule has 3 heterocycles. The second-order valence-corrected chi connectivity index (χ2v) is 7.15. The fraction of sp³-hybridized carbons (Fsp3) is 1.00. The molecule has 104 valence electrons. The van der Waals surface area contributed by atoms with E-state index in [0.29, 0.717) is 0 Å². The predicted molar refractivity (Wildman–Crippen MR) is 77.3 cm³/mol. The lowest BCUT2D eigenvalue weighted by atomic mass is 9.85. The van der Waals surface area contributed by atoms with Gasteiger partial charge in [0.25, 0.3) is 0 Å². The Morgan fingerprint density at radius 2 is 2.06 bits per heavy atom. The van der Waals surface area contributed by atoms with Crippen LogP contribution in [-0.4, -0.2) is 60.8 Å². The summed E-state index contributed by atoms with van der Waals surface area (Å²) in [5.41, 5.74) is 0.244.